The second-order valence-electron chi connectivity index (χ2n) is 7.14. The van der Waals surface area contributed by atoms with Crippen LogP contribution in [-0.4, -0.2) is 24.9 Å². The number of nitrogens with two attached hydrogens (primary N) is 1. The van der Waals surface area contributed by atoms with Crippen LogP contribution in [0.15, 0.2) is 18.2 Å². The van der Waals surface area contributed by atoms with Gasteiger partial charge in [0.1, 0.15) is 5.75 Å². The third kappa shape index (κ3) is 2.90. The van der Waals surface area contributed by atoms with Crippen LogP contribution in [0.4, 0.5) is 5.69 Å². The lowest BCUT2D eigenvalue weighted by atomic mass is 9.78. The quantitative estimate of drug-likeness (QED) is 0.683. The summed E-state index contributed by atoms with van der Waals surface area (Å²) in [5.41, 5.74) is 6.78. The number of benzene rings is 1. The van der Waals surface area contributed by atoms with Gasteiger partial charge in [-0.3, -0.25) is 0 Å². The van der Waals surface area contributed by atoms with Crippen molar-refractivity contribution in [2.24, 2.45) is 5.92 Å². The second-order valence-corrected chi connectivity index (χ2v) is 7.14. The lowest BCUT2D eigenvalue weighted by molar-refractivity contribution is 0.00578. The van der Waals surface area contributed by atoms with Crippen LogP contribution in [0.3, 0.4) is 0 Å². The van der Waals surface area contributed by atoms with Crippen LogP contribution in [0, 0.1) is 5.92 Å². The predicted octanol–water partition coefficient (Wildman–Crippen LogP) is 2.36. The van der Waals surface area contributed by atoms with E-state index >= 15 is 0 Å². The Labute approximate surface area is 127 Å². The van der Waals surface area contributed by atoms with E-state index in [1.165, 1.54) is 12.8 Å². The fourth-order valence-corrected chi connectivity index (χ4v) is 2.34. The Balaban J connectivity index is 1.85. The number of hydrogen-bond donors (Lipinski definition) is 1. The molecule has 5 heteroatoms. The van der Waals surface area contributed by atoms with Gasteiger partial charge in [-0.15, -0.1) is 0 Å². The smallest absolute Gasteiger partial charge is 0.494 e. The predicted molar refractivity (Wildman–Crippen MR) is 84.8 cm³/mol. The molecule has 0 amide bonds. The first-order chi connectivity index (χ1) is 9.78. The van der Waals surface area contributed by atoms with Crippen molar-refractivity contribution in [2.45, 2.75) is 51.7 Å². The lowest BCUT2D eigenvalue weighted by Crippen LogP contribution is -2.41. The van der Waals surface area contributed by atoms with E-state index in [-0.39, 0.29) is 11.2 Å². The molecule has 1 saturated carbocycles. The van der Waals surface area contributed by atoms with Gasteiger partial charge in [-0.25, -0.2) is 0 Å². The summed E-state index contributed by atoms with van der Waals surface area (Å²) in [6, 6.07) is 5.67. The zero-order chi connectivity index (χ0) is 15.3. The molecule has 1 aromatic carbocycles. The third-order valence-electron chi connectivity index (χ3n) is 4.71. The normalized spacial score (nSPS) is 23.3. The standard InChI is InChI=1S/C16H24BNO3/c1-15(2)16(3,4)21-17(20-15)13-9-12(18)7-8-14(13)19-10-11-5-6-11/h7-9,11H,5-6,10,18H2,1-4H3. The SMILES string of the molecule is CC1(C)OB(c2cc(N)ccc2OCC2CC2)OC1(C)C. The molecule has 0 atom stereocenters. The second kappa shape index (κ2) is 4.92. The monoisotopic (exact) mass is 289 g/mol. The Hall–Kier alpha value is -1.20. The third-order valence-corrected chi connectivity index (χ3v) is 4.71. The zero-order valence-electron chi connectivity index (χ0n) is 13.3. The van der Waals surface area contributed by atoms with Gasteiger partial charge in [0.15, 0.2) is 0 Å². The van der Waals surface area contributed by atoms with Crippen LogP contribution in [0.5, 0.6) is 5.75 Å². The van der Waals surface area contributed by atoms with Crippen LogP contribution < -0.4 is 15.9 Å². The molecule has 0 spiro atoms. The van der Waals surface area contributed by atoms with Crippen LogP contribution >= 0.6 is 0 Å². The largest absolute Gasteiger partial charge is 0.498 e. The first-order valence-electron chi connectivity index (χ1n) is 7.66. The van der Waals surface area contributed by atoms with Crippen molar-refractivity contribution in [3.05, 3.63) is 18.2 Å². The van der Waals surface area contributed by atoms with Crippen molar-refractivity contribution in [1.29, 1.82) is 0 Å². The summed E-state index contributed by atoms with van der Waals surface area (Å²) in [5, 5.41) is 0. The molecule has 2 aliphatic rings. The number of ether oxygens (including phenoxy) is 1. The van der Waals surface area contributed by atoms with Crippen molar-refractivity contribution in [1.82, 2.24) is 0 Å². The Bertz CT molecular complexity index is 524. The highest BCUT2D eigenvalue weighted by Gasteiger charge is 2.52. The summed E-state index contributed by atoms with van der Waals surface area (Å²) in [7, 11) is -0.437. The Morgan fingerprint density at radius 2 is 1.81 bits per heavy atom. The molecule has 0 unspecified atom stereocenters. The first kappa shape index (κ1) is 14.7. The van der Waals surface area contributed by atoms with Crippen LogP contribution in [0.25, 0.3) is 0 Å². The summed E-state index contributed by atoms with van der Waals surface area (Å²) < 4.78 is 18.2. The zero-order valence-corrected chi connectivity index (χ0v) is 13.3. The maximum absolute atomic E-state index is 6.11. The fourth-order valence-electron chi connectivity index (χ4n) is 2.34. The molecule has 1 aliphatic heterocycles. The molecule has 0 radical (unpaired) electrons. The van der Waals surface area contributed by atoms with E-state index in [1.807, 2.05) is 45.9 Å². The van der Waals surface area contributed by atoms with E-state index in [0.717, 1.165) is 17.8 Å². The van der Waals surface area contributed by atoms with Crippen molar-refractivity contribution in [3.63, 3.8) is 0 Å². The van der Waals surface area contributed by atoms with E-state index < -0.39 is 7.12 Å². The molecule has 0 aromatic heterocycles. The van der Waals surface area contributed by atoms with Gasteiger partial charge in [0, 0.05) is 11.2 Å². The van der Waals surface area contributed by atoms with Crippen LogP contribution in [0.1, 0.15) is 40.5 Å². The average molecular weight is 289 g/mol. The van der Waals surface area contributed by atoms with Crippen molar-refractivity contribution < 1.29 is 14.0 Å². The maximum atomic E-state index is 6.11. The van der Waals surface area contributed by atoms with E-state index in [9.17, 15) is 0 Å². The molecular formula is C16H24BNO3. The highest BCUT2D eigenvalue weighted by atomic mass is 16.7. The highest BCUT2D eigenvalue weighted by molar-refractivity contribution is 6.63. The molecule has 3 rings (SSSR count). The van der Waals surface area contributed by atoms with E-state index in [4.69, 9.17) is 19.8 Å². The molecule has 4 nitrogen and oxygen atoms in total. The fraction of sp³-hybridized carbons (Fsp3) is 0.625. The molecule has 21 heavy (non-hydrogen) atoms. The van der Waals surface area contributed by atoms with Gasteiger partial charge in [-0.05, 0) is 64.7 Å². The van der Waals surface area contributed by atoms with Gasteiger partial charge in [-0.2, -0.15) is 0 Å². The van der Waals surface area contributed by atoms with Gasteiger partial charge < -0.3 is 19.8 Å². The molecule has 2 N–H and O–H groups in total. The van der Waals surface area contributed by atoms with Gasteiger partial charge in [-0.1, -0.05) is 0 Å². The van der Waals surface area contributed by atoms with Crippen molar-refractivity contribution in [2.75, 3.05) is 12.3 Å². The summed E-state index contributed by atoms with van der Waals surface area (Å²) in [6.45, 7) is 8.94. The Kier molecular flexibility index (Phi) is 3.45. The number of nitrogen functional groups attached to an aromatic ring is 1. The minimum atomic E-state index is -0.437. The maximum Gasteiger partial charge on any atom is 0.498 e. The summed E-state index contributed by atoms with van der Waals surface area (Å²) in [4.78, 5) is 0. The minimum Gasteiger partial charge on any atom is -0.494 e. The number of anilines is 1. The Morgan fingerprint density at radius 1 is 1.19 bits per heavy atom. The topological polar surface area (TPSA) is 53.7 Å². The molecule has 2 fully saturated rings. The van der Waals surface area contributed by atoms with Crippen molar-refractivity contribution in [3.8, 4) is 5.75 Å². The van der Waals surface area contributed by atoms with Gasteiger partial charge in [0.25, 0.3) is 0 Å². The van der Waals surface area contributed by atoms with E-state index in [2.05, 4.69) is 0 Å². The van der Waals surface area contributed by atoms with Crippen LogP contribution in [-0.2, 0) is 9.31 Å². The highest BCUT2D eigenvalue weighted by Crippen LogP contribution is 2.37. The van der Waals surface area contributed by atoms with Gasteiger partial charge >= 0.3 is 7.12 Å². The number of rotatable bonds is 4. The van der Waals surface area contributed by atoms with E-state index in [0.29, 0.717) is 11.6 Å². The number of hydrogen-bond acceptors (Lipinski definition) is 4. The molecule has 1 aromatic rings. The summed E-state index contributed by atoms with van der Waals surface area (Å²) >= 11 is 0. The molecule has 0 bridgehead atoms. The van der Waals surface area contributed by atoms with Crippen LogP contribution in [0.2, 0.25) is 0 Å². The lowest BCUT2D eigenvalue weighted by Gasteiger charge is -2.32. The Morgan fingerprint density at radius 3 is 2.38 bits per heavy atom. The van der Waals surface area contributed by atoms with Gasteiger partial charge in [0.05, 0.1) is 17.8 Å². The van der Waals surface area contributed by atoms with Gasteiger partial charge in [0.2, 0.25) is 0 Å². The summed E-state index contributed by atoms with van der Waals surface area (Å²) in [5.74, 6) is 1.52. The molecule has 1 aliphatic carbocycles. The first-order valence-corrected chi connectivity index (χ1v) is 7.66. The van der Waals surface area contributed by atoms with Crippen molar-refractivity contribution >= 4 is 18.3 Å². The minimum absolute atomic E-state index is 0.365. The molecular weight excluding hydrogens is 265 g/mol. The van der Waals surface area contributed by atoms with E-state index in [1.54, 1.807) is 0 Å². The molecule has 1 saturated heterocycles. The molecule has 1 heterocycles. The summed E-state index contributed by atoms with van der Waals surface area (Å²) in [6.07, 6.45) is 2.53. The average Bonchev–Trinajstić information content (AvgIpc) is 3.16. The molecule has 114 valence electrons.